The van der Waals surface area contributed by atoms with E-state index in [2.05, 4.69) is 10.3 Å². The Morgan fingerprint density at radius 1 is 1.39 bits per heavy atom. The van der Waals surface area contributed by atoms with Crippen LogP contribution in [0, 0.1) is 5.92 Å². The zero-order valence-corrected chi connectivity index (χ0v) is 17.4. The van der Waals surface area contributed by atoms with Crippen molar-refractivity contribution in [3.63, 3.8) is 0 Å². The largest absolute Gasteiger partial charge is 0.393 e. The fraction of sp³-hybridized carbons (Fsp3) is 0.933. The molecular weight excluding hydrogens is 429 g/mol. The molecule has 6 nitrogen and oxygen atoms in total. The fourth-order valence-corrected chi connectivity index (χ4v) is 4.55. The topological polar surface area (TPSA) is 82.0 Å². The maximum absolute atomic E-state index is 12.1. The average Bonchev–Trinajstić information content (AvgIpc) is 2.83. The normalized spacial score (nSPS) is 29.9. The molecule has 0 aromatic rings. The highest BCUT2D eigenvalue weighted by Crippen LogP contribution is 2.26. The molecule has 1 saturated heterocycles. The summed E-state index contributed by atoms with van der Waals surface area (Å²) in [6.07, 6.45) is 2.70. The van der Waals surface area contributed by atoms with Gasteiger partial charge in [-0.15, -0.1) is 24.0 Å². The van der Waals surface area contributed by atoms with Crippen molar-refractivity contribution < 1.29 is 13.5 Å². The highest BCUT2D eigenvalue weighted by atomic mass is 127. The summed E-state index contributed by atoms with van der Waals surface area (Å²) in [5, 5.41) is 13.2. The van der Waals surface area contributed by atoms with Gasteiger partial charge in [-0.3, -0.25) is 4.99 Å². The molecule has 0 aromatic carbocycles. The molecule has 0 radical (unpaired) electrons. The monoisotopic (exact) mass is 459 g/mol. The van der Waals surface area contributed by atoms with E-state index in [0.29, 0.717) is 19.6 Å². The van der Waals surface area contributed by atoms with E-state index in [9.17, 15) is 13.5 Å². The Labute approximate surface area is 157 Å². The first-order chi connectivity index (χ1) is 10.3. The van der Waals surface area contributed by atoms with Crippen molar-refractivity contribution in [1.82, 2.24) is 10.2 Å². The van der Waals surface area contributed by atoms with Gasteiger partial charge in [-0.2, -0.15) is 0 Å². The number of nitrogens with one attached hydrogen (secondary N) is 1. The van der Waals surface area contributed by atoms with Crippen LogP contribution in [0.2, 0.25) is 0 Å². The van der Waals surface area contributed by atoms with Crippen molar-refractivity contribution in [3.05, 3.63) is 0 Å². The van der Waals surface area contributed by atoms with Crippen LogP contribution in [0.3, 0.4) is 0 Å². The van der Waals surface area contributed by atoms with Gasteiger partial charge in [-0.05, 0) is 33.6 Å². The first-order valence-electron chi connectivity index (χ1n) is 8.20. The molecule has 1 aliphatic carbocycles. The SMILES string of the molecule is CCNC(=NCC1CCCC1O)N1CCS(=O)(=O)C(C)(C)C1.I. The number of nitrogens with zero attached hydrogens (tertiary/aromatic N) is 2. The minimum atomic E-state index is -3.05. The summed E-state index contributed by atoms with van der Waals surface area (Å²) < 4.78 is 23.5. The van der Waals surface area contributed by atoms with Gasteiger partial charge in [0.05, 0.1) is 16.6 Å². The van der Waals surface area contributed by atoms with Gasteiger partial charge in [0.1, 0.15) is 0 Å². The Morgan fingerprint density at radius 3 is 2.61 bits per heavy atom. The van der Waals surface area contributed by atoms with Gasteiger partial charge in [-0.1, -0.05) is 6.42 Å². The highest BCUT2D eigenvalue weighted by Gasteiger charge is 2.41. The zero-order chi connectivity index (χ0) is 16.4. The Bertz CT molecular complexity index is 522. The van der Waals surface area contributed by atoms with Crippen LogP contribution in [0.5, 0.6) is 0 Å². The average molecular weight is 459 g/mol. The number of sulfone groups is 1. The van der Waals surface area contributed by atoms with Crippen molar-refractivity contribution in [1.29, 1.82) is 0 Å². The number of guanidine groups is 1. The smallest absolute Gasteiger partial charge is 0.194 e. The maximum atomic E-state index is 12.1. The molecule has 1 heterocycles. The van der Waals surface area contributed by atoms with Crippen LogP contribution in [-0.4, -0.2) is 67.2 Å². The molecule has 2 fully saturated rings. The van der Waals surface area contributed by atoms with Gasteiger partial charge in [0.15, 0.2) is 15.8 Å². The van der Waals surface area contributed by atoms with Crippen LogP contribution in [0.25, 0.3) is 0 Å². The molecule has 2 aliphatic rings. The predicted molar refractivity (Wildman–Crippen MR) is 104 cm³/mol. The number of aliphatic imine (C=N–C) groups is 1. The molecule has 0 spiro atoms. The molecule has 8 heteroatoms. The van der Waals surface area contributed by atoms with E-state index in [4.69, 9.17) is 0 Å². The molecule has 0 bridgehead atoms. The van der Waals surface area contributed by atoms with Gasteiger partial charge in [0.2, 0.25) is 0 Å². The number of halogens is 1. The Hall–Kier alpha value is -0.0900. The van der Waals surface area contributed by atoms with E-state index in [1.165, 1.54) is 0 Å². The van der Waals surface area contributed by atoms with Crippen molar-refractivity contribution in [3.8, 4) is 0 Å². The van der Waals surface area contributed by atoms with Crippen LogP contribution in [0.15, 0.2) is 4.99 Å². The first-order valence-corrected chi connectivity index (χ1v) is 9.85. The van der Waals surface area contributed by atoms with Crippen LogP contribution in [0.1, 0.15) is 40.0 Å². The lowest BCUT2D eigenvalue weighted by Gasteiger charge is -2.39. The molecule has 0 aromatic heterocycles. The molecule has 2 rings (SSSR count). The molecule has 2 unspecified atom stereocenters. The lowest BCUT2D eigenvalue weighted by atomic mass is 10.1. The van der Waals surface area contributed by atoms with Gasteiger partial charge in [-0.25, -0.2) is 8.42 Å². The lowest BCUT2D eigenvalue weighted by Crippen LogP contribution is -2.57. The molecule has 2 N–H and O–H groups in total. The lowest BCUT2D eigenvalue weighted by molar-refractivity contribution is 0.136. The molecule has 0 amide bonds. The summed E-state index contributed by atoms with van der Waals surface area (Å²) in [5.41, 5.74) is 0. The number of rotatable bonds is 3. The minimum Gasteiger partial charge on any atom is -0.393 e. The zero-order valence-electron chi connectivity index (χ0n) is 14.3. The van der Waals surface area contributed by atoms with Crippen LogP contribution < -0.4 is 5.32 Å². The van der Waals surface area contributed by atoms with Crippen molar-refractivity contribution in [2.75, 3.05) is 31.9 Å². The third-order valence-corrected chi connectivity index (χ3v) is 7.31. The first kappa shape index (κ1) is 21.0. The van der Waals surface area contributed by atoms with E-state index >= 15 is 0 Å². The highest BCUT2D eigenvalue weighted by molar-refractivity contribution is 14.0. The summed E-state index contributed by atoms with van der Waals surface area (Å²) in [4.78, 5) is 6.69. The Morgan fingerprint density at radius 2 is 2.09 bits per heavy atom. The predicted octanol–water partition coefficient (Wildman–Crippen LogP) is 1.24. The summed E-state index contributed by atoms with van der Waals surface area (Å²) in [6, 6.07) is 0. The van der Waals surface area contributed by atoms with Crippen molar-refractivity contribution in [2.24, 2.45) is 10.9 Å². The van der Waals surface area contributed by atoms with E-state index in [1.54, 1.807) is 13.8 Å². The third-order valence-electron chi connectivity index (χ3n) is 4.77. The molecule has 23 heavy (non-hydrogen) atoms. The van der Waals surface area contributed by atoms with E-state index in [-0.39, 0.29) is 41.8 Å². The number of aliphatic hydroxyl groups excluding tert-OH is 1. The maximum Gasteiger partial charge on any atom is 0.194 e. The number of hydrogen-bond donors (Lipinski definition) is 2. The third kappa shape index (κ3) is 4.94. The number of hydrogen-bond acceptors (Lipinski definition) is 4. The Balaban J connectivity index is 0.00000264. The van der Waals surface area contributed by atoms with E-state index in [0.717, 1.165) is 31.8 Å². The van der Waals surface area contributed by atoms with E-state index in [1.807, 2.05) is 11.8 Å². The second-order valence-electron chi connectivity index (χ2n) is 6.95. The minimum absolute atomic E-state index is 0. The van der Waals surface area contributed by atoms with Gasteiger partial charge in [0.25, 0.3) is 0 Å². The van der Waals surface area contributed by atoms with Gasteiger partial charge >= 0.3 is 0 Å². The molecule has 1 saturated carbocycles. The van der Waals surface area contributed by atoms with Gasteiger partial charge < -0.3 is 15.3 Å². The summed E-state index contributed by atoms with van der Waals surface area (Å²) in [6.45, 7) is 7.84. The quantitative estimate of drug-likeness (QED) is 0.377. The molecular formula is C15H30IN3O3S. The summed E-state index contributed by atoms with van der Waals surface area (Å²) in [7, 11) is -3.05. The van der Waals surface area contributed by atoms with Crippen LogP contribution in [0.4, 0.5) is 0 Å². The Kier molecular flexibility index (Phi) is 7.59. The van der Waals surface area contributed by atoms with E-state index < -0.39 is 14.6 Å². The number of aliphatic hydroxyl groups is 1. The summed E-state index contributed by atoms with van der Waals surface area (Å²) >= 11 is 0. The van der Waals surface area contributed by atoms with Crippen LogP contribution >= 0.6 is 24.0 Å². The fourth-order valence-electron chi connectivity index (χ4n) is 3.18. The molecule has 136 valence electrons. The second-order valence-corrected chi connectivity index (χ2v) is 9.70. The molecule has 1 aliphatic heterocycles. The second kappa shape index (κ2) is 8.33. The molecule has 2 atom stereocenters. The summed E-state index contributed by atoms with van der Waals surface area (Å²) in [5.74, 6) is 1.16. The van der Waals surface area contributed by atoms with Crippen molar-refractivity contribution in [2.45, 2.75) is 50.9 Å². The van der Waals surface area contributed by atoms with Crippen LogP contribution in [-0.2, 0) is 9.84 Å². The standard InChI is InChI=1S/C15H29N3O3S.HI/c1-4-16-14(17-10-12-6-5-7-13(12)19)18-8-9-22(20,21)15(2,3)11-18;/h12-13,19H,4-11H2,1-3H3,(H,16,17);1H. The van der Waals surface area contributed by atoms with Gasteiger partial charge in [0, 0.05) is 32.1 Å². The van der Waals surface area contributed by atoms with Crippen molar-refractivity contribution >= 4 is 39.8 Å².